The zero-order valence-electron chi connectivity index (χ0n) is 9.92. The van der Waals surface area contributed by atoms with E-state index in [0.29, 0.717) is 0 Å². The van der Waals surface area contributed by atoms with Gasteiger partial charge in [-0.25, -0.2) is 4.79 Å². The molecule has 2 aromatic rings. The Labute approximate surface area is 120 Å². The second-order valence-electron chi connectivity index (χ2n) is 3.82. The molecule has 0 bridgehead atoms. The van der Waals surface area contributed by atoms with Crippen LogP contribution in [-0.2, 0) is 0 Å². The summed E-state index contributed by atoms with van der Waals surface area (Å²) in [5.74, 6) is 0. The van der Waals surface area contributed by atoms with Crippen molar-refractivity contribution in [3.05, 3.63) is 70.9 Å². The zero-order chi connectivity index (χ0) is 14.7. The van der Waals surface area contributed by atoms with Crippen LogP contribution in [0.15, 0.2) is 38.3 Å². The molecule has 0 unspecified atom stereocenters. The molecule has 7 nitrogen and oxygen atoms in total. The lowest BCUT2D eigenvalue weighted by atomic mass is 10.2. The van der Waals surface area contributed by atoms with Crippen LogP contribution in [0.4, 0.5) is 5.69 Å². The summed E-state index contributed by atoms with van der Waals surface area (Å²) in [5.41, 5.74) is -1.92. The van der Waals surface area contributed by atoms with Crippen molar-refractivity contribution in [3.8, 4) is 0 Å². The third kappa shape index (κ3) is 3.09. The smallest absolute Gasteiger partial charge is 0.301 e. The summed E-state index contributed by atoms with van der Waals surface area (Å²) >= 11 is 3.29. The Kier molecular flexibility index (Phi) is 3.94. The number of nitro groups is 1. The average Bonchev–Trinajstić information content (AvgIpc) is 2.35. The fraction of sp³-hybridized carbons (Fsp3) is 0. The van der Waals surface area contributed by atoms with Crippen molar-refractivity contribution >= 4 is 33.8 Å². The molecule has 0 spiro atoms. The van der Waals surface area contributed by atoms with Crippen LogP contribution in [0.5, 0.6) is 0 Å². The molecule has 0 aliphatic heterocycles. The highest BCUT2D eigenvalue weighted by Gasteiger charge is 2.18. The van der Waals surface area contributed by atoms with Crippen molar-refractivity contribution in [2.75, 3.05) is 0 Å². The molecular formula is C12H8BrN3O4. The number of hydrogen-bond donors (Lipinski definition) is 2. The Bertz CT molecular complexity index is 807. The van der Waals surface area contributed by atoms with Gasteiger partial charge >= 0.3 is 16.9 Å². The lowest BCUT2D eigenvalue weighted by Gasteiger charge is -1.97. The first kappa shape index (κ1) is 13.9. The fourth-order valence-electron chi connectivity index (χ4n) is 1.59. The SMILES string of the molecule is O=c1[nH]c(/C=C\c2cccc(Br)c2)c([N+](=O)[O-])c(=O)[nH]1. The van der Waals surface area contributed by atoms with Crippen LogP contribution in [0.2, 0.25) is 0 Å². The summed E-state index contributed by atoms with van der Waals surface area (Å²) in [6, 6.07) is 7.18. The van der Waals surface area contributed by atoms with Gasteiger partial charge in [0.1, 0.15) is 5.69 Å². The number of nitrogens with one attached hydrogen (secondary N) is 2. The molecular weight excluding hydrogens is 330 g/mol. The van der Waals surface area contributed by atoms with E-state index in [-0.39, 0.29) is 5.69 Å². The minimum absolute atomic E-state index is 0.149. The minimum atomic E-state index is -1.03. The predicted molar refractivity (Wildman–Crippen MR) is 77.4 cm³/mol. The van der Waals surface area contributed by atoms with Crippen LogP contribution in [-0.4, -0.2) is 14.9 Å². The highest BCUT2D eigenvalue weighted by Crippen LogP contribution is 2.16. The third-order valence-electron chi connectivity index (χ3n) is 2.42. The average molecular weight is 338 g/mol. The molecule has 0 radical (unpaired) electrons. The number of H-pyrrole nitrogens is 2. The van der Waals surface area contributed by atoms with E-state index in [0.717, 1.165) is 10.0 Å². The summed E-state index contributed by atoms with van der Waals surface area (Å²) in [5, 5.41) is 10.8. The van der Waals surface area contributed by atoms with Crippen LogP contribution >= 0.6 is 15.9 Å². The standard InChI is InChI=1S/C12H8BrN3O4/c13-8-3-1-2-7(6-8)4-5-9-10(16(19)20)11(17)15-12(18)14-9/h1-6H,(H2,14,15,17,18)/b5-4-. The quantitative estimate of drug-likeness (QED) is 0.658. The molecule has 2 N–H and O–H groups in total. The number of rotatable bonds is 3. The second-order valence-corrected chi connectivity index (χ2v) is 4.73. The predicted octanol–water partition coefficient (Wildman–Crippen LogP) is 1.90. The Morgan fingerprint density at radius 1 is 1.20 bits per heavy atom. The van der Waals surface area contributed by atoms with Crippen molar-refractivity contribution in [1.29, 1.82) is 0 Å². The van der Waals surface area contributed by atoms with Gasteiger partial charge in [-0.05, 0) is 23.8 Å². The first-order valence-corrected chi connectivity index (χ1v) is 6.21. The van der Waals surface area contributed by atoms with Crippen molar-refractivity contribution in [1.82, 2.24) is 9.97 Å². The van der Waals surface area contributed by atoms with Gasteiger partial charge in [0.05, 0.1) is 4.92 Å². The van der Waals surface area contributed by atoms with Gasteiger partial charge in [-0.1, -0.05) is 34.1 Å². The molecule has 2 rings (SSSR count). The van der Waals surface area contributed by atoms with E-state index in [9.17, 15) is 19.7 Å². The molecule has 0 fully saturated rings. The third-order valence-corrected chi connectivity index (χ3v) is 2.91. The molecule has 0 amide bonds. The van der Waals surface area contributed by atoms with Crippen LogP contribution in [0.1, 0.15) is 11.3 Å². The van der Waals surface area contributed by atoms with Gasteiger partial charge in [0.25, 0.3) is 0 Å². The summed E-state index contributed by atoms with van der Waals surface area (Å²) in [6.45, 7) is 0. The minimum Gasteiger partial charge on any atom is -0.301 e. The van der Waals surface area contributed by atoms with E-state index in [1.165, 1.54) is 6.08 Å². The van der Waals surface area contributed by atoms with Crippen molar-refractivity contribution in [2.24, 2.45) is 0 Å². The Morgan fingerprint density at radius 2 is 1.95 bits per heavy atom. The number of aromatic nitrogens is 2. The van der Waals surface area contributed by atoms with E-state index in [2.05, 4.69) is 20.9 Å². The first-order valence-electron chi connectivity index (χ1n) is 5.42. The number of benzene rings is 1. The Morgan fingerprint density at radius 3 is 2.60 bits per heavy atom. The topological polar surface area (TPSA) is 109 Å². The van der Waals surface area contributed by atoms with Gasteiger partial charge < -0.3 is 4.98 Å². The van der Waals surface area contributed by atoms with Gasteiger partial charge in [0.2, 0.25) is 0 Å². The zero-order valence-corrected chi connectivity index (χ0v) is 11.5. The van der Waals surface area contributed by atoms with Crippen molar-refractivity contribution in [3.63, 3.8) is 0 Å². The van der Waals surface area contributed by atoms with Crippen molar-refractivity contribution in [2.45, 2.75) is 0 Å². The largest absolute Gasteiger partial charge is 0.357 e. The summed E-state index contributed by atoms with van der Waals surface area (Å²) in [6.07, 6.45) is 2.87. The maximum absolute atomic E-state index is 11.4. The number of aromatic amines is 2. The van der Waals surface area contributed by atoms with E-state index >= 15 is 0 Å². The van der Waals surface area contributed by atoms with Gasteiger partial charge in [0, 0.05) is 4.47 Å². The highest BCUT2D eigenvalue weighted by atomic mass is 79.9. The van der Waals surface area contributed by atoms with Crippen molar-refractivity contribution < 1.29 is 4.92 Å². The molecule has 1 aromatic carbocycles. The molecule has 0 aliphatic carbocycles. The van der Waals surface area contributed by atoms with E-state index in [4.69, 9.17) is 0 Å². The van der Waals surface area contributed by atoms with Gasteiger partial charge in [-0.3, -0.25) is 19.9 Å². The van der Waals surface area contributed by atoms with Crippen LogP contribution in [0.3, 0.4) is 0 Å². The van der Waals surface area contributed by atoms with Crippen LogP contribution in [0, 0.1) is 10.1 Å². The first-order chi connectivity index (χ1) is 9.47. The maximum Gasteiger partial charge on any atom is 0.357 e. The molecule has 0 saturated carbocycles. The van der Waals surface area contributed by atoms with Gasteiger partial charge in [-0.2, -0.15) is 0 Å². The van der Waals surface area contributed by atoms with Crippen LogP contribution in [0.25, 0.3) is 12.2 Å². The van der Waals surface area contributed by atoms with Gasteiger partial charge in [0.15, 0.2) is 0 Å². The summed E-state index contributed by atoms with van der Waals surface area (Å²) in [7, 11) is 0. The van der Waals surface area contributed by atoms with Crippen LogP contribution < -0.4 is 11.2 Å². The monoisotopic (exact) mass is 337 g/mol. The Balaban J connectivity index is 2.51. The van der Waals surface area contributed by atoms with E-state index < -0.39 is 21.9 Å². The molecule has 8 heteroatoms. The number of hydrogen-bond acceptors (Lipinski definition) is 4. The lowest BCUT2D eigenvalue weighted by molar-refractivity contribution is -0.386. The summed E-state index contributed by atoms with van der Waals surface area (Å²) < 4.78 is 0.841. The van der Waals surface area contributed by atoms with Gasteiger partial charge in [-0.15, -0.1) is 0 Å². The number of nitrogens with zero attached hydrogens (tertiary/aromatic N) is 1. The molecule has 1 heterocycles. The summed E-state index contributed by atoms with van der Waals surface area (Å²) in [4.78, 5) is 36.6. The normalized spacial score (nSPS) is 10.8. The number of halogens is 1. The lowest BCUT2D eigenvalue weighted by Crippen LogP contribution is -2.25. The highest BCUT2D eigenvalue weighted by molar-refractivity contribution is 9.10. The van der Waals surface area contributed by atoms with E-state index in [1.807, 2.05) is 11.1 Å². The second kappa shape index (κ2) is 5.66. The Hall–Kier alpha value is -2.48. The molecule has 1 aromatic heterocycles. The molecule has 0 aliphatic rings. The fourth-order valence-corrected chi connectivity index (χ4v) is 2.01. The molecule has 0 saturated heterocycles. The maximum atomic E-state index is 11.4. The molecule has 102 valence electrons. The van der Waals surface area contributed by atoms with E-state index in [1.54, 1.807) is 24.3 Å². The molecule has 20 heavy (non-hydrogen) atoms. The molecule has 0 atom stereocenters.